The zero-order valence-corrected chi connectivity index (χ0v) is 11.5. The first-order valence-electron chi connectivity index (χ1n) is 6.19. The molecule has 22 heavy (non-hydrogen) atoms. The molecule has 0 unspecified atom stereocenters. The average Bonchev–Trinajstić information content (AvgIpc) is 2.46. The summed E-state index contributed by atoms with van der Waals surface area (Å²) in [5, 5.41) is 2.45. The van der Waals surface area contributed by atoms with Crippen molar-refractivity contribution < 1.29 is 27.4 Å². The molecule has 0 aliphatic carbocycles. The number of carbonyl (C=O) groups excluding carboxylic acids is 1. The van der Waals surface area contributed by atoms with Crippen LogP contribution in [-0.4, -0.2) is 13.2 Å². The second-order valence-corrected chi connectivity index (χ2v) is 4.24. The van der Waals surface area contributed by atoms with Crippen LogP contribution in [0, 0.1) is 0 Å². The summed E-state index contributed by atoms with van der Waals surface area (Å²) in [7, 11) is 1.11. The Labute approximate surface area is 124 Å². The highest BCUT2D eigenvalue weighted by molar-refractivity contribution is 5.86. The fourth-order valence-corrected chi connectivity index (χ4v) is 1.74. The summed E-state index contributed by atoms with van der Waals surface area (Å²) in [4.78, 5) is 11.7. The first-order chi connectivity index (χ1) is 10.4. The molecule has 0 atom stereocenters. The third-order valence-electron chi connectivity index (χ3n) is 2.71. The van der Waals surface area contributed by atoms with Crippen LogP contribution in [0.25, 0.3) is 0 Å². The number of alkyl halides is 3. The highest BCUT2D eigenvalue weighted by Gasteiger charge is 2.34. The van der Waals surface area contributed by atoms with E-state index < -0.39 is 23.6 Å². The first-order valence-corrected chi connectivity index (χ1v) is 6.19. The fourth-order valence-electron chi connectivity index (χ4n) is 1.74. The van der Waals surface area contributed by atoms with Gasteiger partial charge in [-0.2, -0.15) is 13.2 Å². The molecule has 2 rings (SSSR count). The van der Waals surface area contributed by atoms with Gasteiger partial charge in [-0.15, -0.1) is 0 Å². The fraction of sp³-hybridized carbons (Fsp3) is 0.133. The van der Waals surface area contributed by atoms with Crippen molar-refractivity contribution in [3.05, 3.63) is 54.1 Å². The second kappa shape index (κ2) is 6.38. The minimum absolute atomic E-state index is 0.0571. The van der Waals surface area contributed by atoms with Crippen LogP contribution < -0.4 is 14.8 Å². The van der Waals surface area contributed by atoms with Crippen molar-refractivity contribution >= 4 is 11.8 Å². The number of benzene rings is 2. The predicted molar refractivity (Wildman–Crippen MR) is 74.1 cm³/mol. The molecule has 0 saturated carbocycles. The molecule has 0 spiro atoms. The molecule has 1 amide bonds. The van der Waals surface area contributed by atoms with Crippen LogP contribution in [0.2, 0.25) is 0 Å². The summed E-state index contributed by atoms with van der Waals surface area (Å²) in [5.41, 5.74) is -0.433. The van der Waals surface area contributed by atoms with E-state index in [-0.39, 0.29) is 5.75 Å². The molecule has 2 aromatic carbocycles. The maximum Gasteiger partial charge on any atom is 0.419 e. The lowest BCUT2D eigenvalue weighted by molar-refractivity contribution is -0.138. The molecule has 1 N–H and O–H groups in total. The van der Waals surface area contributed by atoms with Crippen LogP contribution in [0.5, 0.6) is 11.5 Å². The van der Waals surface area contributed by atoms with Crippen molar-refractivity contribution in [1.29, 1.82) is 0 Å². The summed E-state index contributed by atoms with van der Waals surface area (Å²) < 4.78 is 47.8. The Morgan fingerprint density at radius 3 is 2.36 bits per heavy atom. The molecule has 0 saturated heterocycles. The summed E-state index contributed by atoms with van der Waals surface area (Å²) in [5.74, 6) is -0.476. The number of hydrogen-bond donors (Lipinski definition) is 1. The van der Waals surface area contributed by atoms with Gasteiger partial charge in [0.05, 0.1) is 12.7 Å². The normalized spacial score (nSPS) is 10.9. The molecule has 0 aliphatic rings. The number of methoxy groups -OCH3 is 1. The smallest absolute Gasteiger partial charge is 0.419 e. The van der Waals surface area contributed by atoms with Crippen molar-refractivity contribution in [2.75, 3.05) is 12.4 Å². The largest absolute Gasteiger partial charge is 0.496 e. The van der Waals surface area contributed by atoms with Gasteiger partial charge in [-0.1, -0.05) is 18.2 Å². The summed E-state index contributed by atoms with van der Waals surface area (Å²) in [6, 6.07) is 11.4. The zero-order chi connectivity index (χ0) is 16.2. The molecule has 0 bridgehead atoms. The minimum Gasteiger partial charge on any atom is -0.496 e. The van der Waals surface area contributed by atoms with Gasteiger partial charge in [-0.05, 0) is 24.3 Å². The van der Waals surface area contributed by atoms with Gasteiger partial charge >= 0.3 is 12.3 Å². The Balaban J connectivity index is 2.12. The van der Waals surface area contributed by atoms with Gasteiger partial charge in [-0.25, -0.2) is 4.79 Å². The van der Waals surface area contributed by atoms with Crippen LogP contribution in [0.1, 0.15) is 5.56 Å². The van der Waals surface area contributed by atoms with Gasteiger partial charge in [0.25, 0.3) is 0 Å². The molecule has 7 heteroatoms. The zero-order valence-electron chi connectivity index (χ0n) is 11.5. The maximum atomic E-state index is 12.7. The van der Waals surface area contributed by atoms with Gasteiger partial charge in [0.2, 0.25) is 0 Å². The van der Waals surface area contributed by atoms with Gasteiger partial charge in [0.1, 0.15) is 11.5 Å². The molecule has 2 aromatic rings. The molecule has 0 aromatic heterocycles. The van der Waals surface area contributed by atoms with Gasteiger partial charge in [0.15, 0.2) is 0 Å². The Morgan fingerprint density at radius 2 is 1.77 bits per heavy atom. The van der Waals surface area contributed by atoms with Crippen molar-refractivity contribution in [3.8, 4) is 11.5 Å². The minimum atomic E-state index is -4.55. The van der Waals surface area contributed by atoms with E-state index in [1.54, 1.807) is 30.3 Å². The molecule has 4 nitrogen and oxygen atoms in total. The Kier molecular flexibility index (Phi) is 4.55. The van der Waals surface area contributed by atoms with Crippen molar-refractivity contribution in [2.45, 2.75) is 6.18 Å². The van der Waals surface area contributed by atoms with E-state index in [0.29, 0.717) is 5.69 Å². The number of halogens is 3. The molecule has 0 fully saturated rings. The van der Waals surface area contributed by atoms with Crippen LogP contribution in [0.4, 0.5) is 23.7 Å². The number of rotatable bonds is 3. The SMILES string of the molecule is COc1cc(OC(=O)Nc2ccccc2)ccc1C(F)(F)F. The van der Waals surface area contributed by atoms with E-state index in [1.165, 1.54) is 0 Å². The lowest BCUT2D eigenvalue weighted by Crippen LogP contribution is -2.17. The van der Waals surface area contributed by atoms with Crippen LogP contribution >= 0.6 is 0 Å². The number of para-hydroxylation sites is 1. The quantitative estimate of drug-likeness (QED) is 0.918. The maximum absolute atomic E-state index is 12.7. The number of carbonyl (C=O) groups is 1. The number of hydrogen-bond acceptors (Lipinski definition) is 3. The Hall–Kier alpha value is -2.70. The lowest BCUT2D eigenvalue weighted by atomic mass is 10.2. The van der Waals surface area contributed by atoms with Crippen LogP contribution in [-0.2, 0) is 6.18 Å². The van der Waals surface area contributed by atoms with Crippen molar-refractivity contribution in [1.82, 2.24) is 0 Å². The average molecular weight is 311 g/mol. The van der Waals surface area contributed by atoms with Crippen molar-refractivity contribution in [3.63, 3.8) is 0 Å². The highest BCUT2D eigenvalue weighted by atomic mass is 19.4. The number of nitrogens with one attached hydrogen (secondary N) is 1. The topological polar surface area (TPSA) is 47.6 Å². The third-order valence-corrected chi connectivity index (χ3v) is 2.71. The third kappa shape index (κ3) is 3.91. The number of anilines is 1. The Bertz CT molecular complexity index is 657. The standard InChI is InChI=1S/C15H12F3NO3/c1-21-13-9-11(7-8-12(13)15(16,17)18)22-14(20)19-10-5-3-2-4-6-10/h2-9H,1H3,(H,19,20). The molecular weight excluding hydrogens is 299 g/mol. The summed E-state index contributed by atoms with van der Waals surface area (Å²) >= 11 is 0. The van der Waals surface area contributed by atoms with E-state index in [9.17, 15) is 18.0 Å². The first kappa shape index (κ1) is 15.7. The van der Waals surface area contributed by atoms with E-state index in [1.807, 2.05) is 0 Å². The predicted octanol–water partition coefficient (Wildman–Crippen LogP) is 4.32. The molecular formula is C15H12F3NO3. The van der Waals surface area contributed by atoms with E-state index in [0.717, 1.165) is 25.3 Å². The van der Waals surface area contributed by atoms with Crippen molar-refractivity contribution in [2.24, 2.45) is 0 Å². The number of ether oxygens (including phenoxy) is 2. The van der Waals surface area contributed by atoms with Gasteiger partial charge < -0.3 is 9.47 Å². The van der Waals surface area contributed by atoms with E-state index >= 15 is 0 Å². The molecule has 0 aliphatic heterocycles. The van der Waals surface area contributed by atoms with Crippen LogP contribution in [0.15, 0.2) is 48.5 Å². The van der Waals surface area contributed by atoms with E-state index in [2.05, 4.69) is 10.1 Å². The second-order valence-electron chi connectivity index (χ2n) is 4.24. The Morgan fingerprint density at radius 1 is 1.09 bits per heavy atom. The highest BCUT2D eigenvalue weighted by Crippen LogP contribution is 2.38. The molecule has 0 radical (unpaired) electrons. The van der Waals surface area contributed by atoms with E-state index in [4.69, 9.17) is 4.74 Å². The summed E-state index contributed by atoms with van der Waals surface area (Å²) in [6.45, 7) is 0. The van der Waals surface area contributed by atoms with Gasteiger partial charge in [-0.3, -0.25) is 5.32 Å². The van der Waals surface area contributed by atoms with Crippen LogP contribution in [0.3, 0.4) is 0 Å². The van der Waals surface area contributed by atoms with Gasteiger partial charge in [0, 0.05) is 11.8 Å². The monoisotopic (exact) mass is 311 g/mol. The summed E-state index contributed by atoms with van der Waals surface area (Å²) in [6.07, 6.45) is -5.36. The lowest BCUT2D eigenvalue weighted by Gasteiger charge is -2.13. The number of amides is 1. The molecule has 116 valence electrons. The molecule has 0 heterocycles.